The lowest BCUT2D eigenvalue weighted by molar-refractivity contribution is -0.127. The van der Waals surface area contributed by atoms with Gasteiger partial charge in [0, 0.05) is 13.6 Å². The van der Waals surface area contributed by atoms with Crippen molar-refractivity contribution in [1.29, 1.82) is 0 Å². The molecule has 3 aromatic rings. The molecule has 2 heterocycles. The van der Waals surface area contributed by atoms with Gasteiger partial charge in [-0.15, -0.1) is 11.3 Å². The molecule has 2 N–H and O–H groups in total. The zero-order valence-corrected chi connectivity index (χ0v) is 15.2. The standard InChI is InChI=1S/C17H18N4OS2/c1-11-5-3-4-6-12(11)9-21(2)14(22)10-24-17-19-15(18)13-7-8-23-16(13)20-17/h3-8H,9-10H2,1-2H3,(H2,18,19,20). The average molecular weight is 358 g/mol. The maximum atomic E-state index is 12.4. The van der Waals surface area contributed by atoms with Crippen molar-refractivity contribution in [2.24, 2.45) is 0 Å². The van der Waals surface area contributed by atoms with E-state index >= 15 is 0 Å². The van der Waals surface area contributed by atoms with Gasteiger partial charge in [0.2, 0.25) is 5.91 Å². The van der Waals surface area contributed by atoms with E-state index in [0.717, 1.165) is 15.8 Å². The second kappa shape index (κ2) is 7.19. The SMILES string of the molecule is Cc1ccccc1CN(C)C(=O)CSc1nc(N)c2ccsc2n1. The lowest BCUT2D eigenvalue weighted by Gasteiger charge is -2.18. The Morgan fingerprint density at radius 3 is 2.88 bits per heavy atom. The summed E-state index contributed by atoms with van der Waals surface area (Å²) < 4.78 is 0. The Morgan fingerprint density at radius 2 is 2.08 bits per heavy atom. The minimum Gasteiger partial charge on any atom is -0.383 e. The normalized spacial score (nSPS) is 10.9. The fourth-order valence-electron chi connectivity index (χ4n) is 2.29. The van der Waals surface area contributed by atoms with Crippen LogP contribution in [0.4, 0.5) is 5.82 Å². The van der Waals surface area contributed by atoms with Crippen molar-refractivity contribution in [3.63, 3.8) is 0 Å². The van der Waals surface area contributed by atoms with Crippen LogP contribution in [0.15, 0.2) is 40.9 Å². The van der Waals surface area contributed by atoms with E-state index < -0.39 is 0 Å². The molecule has 0 saturated heterocycles. The smallest absolute Gasteiger partial charge is 0.233 e. The first kappa shape index (κ1) is 16.7. The molecule has 0 atom stereocenters. The number of carbonyl (C=O) groups is 1. The van der Waals surface area contributed by atoms with Gasteiger partial charge in [0.05, 0.1) is 11.1 Å². The summed E-state index contributed by atoms with van der Waals surface area (Å²) in [4.78, 5) is 23.6. The molecule has 2 aromatic heterocycles. The van der Waals surface area contributed by atoms with E-state index in [1.54, 1.807) is 4.90 Å². The third-order valence-corrected chi connectivity index (χ3v) is 5.39. The first-order chi connectivity index (χ1) is 11.5. The highest BCUT2D eigenvalue weighted by Crippen LogP contribution is 2.26. The number of hydrogen-bond donors (Lipinski definition) is 1. The van der Waals surface area contributed by atoms with Gasteiger partial charge in [-0.25, -0.2) is 9.97 Å². The molecule has 0 aliphatic carbocycles. The maximum Gasteiger partial charge on any atom is 0.233 e. The zero-order chi connectivity index (χ0) is 17.1. The topological polar surface area (TPSA) is 72.1 Å². The lowest BCUT2D eigenvalue weighted by atomic mass is 10.1. The fraction of sp³-hybridized carbons (Fsp3) is 0.235. The lowest BCUT2D eigenvalue weighted by Crippen LogP contribution is -2.28. The molecule has 1 aromatic carbocycles. The predicted octanol–water partition coefficient (Wildman–Crippen LogP) is 3.33. The number of amides is 1. The Hall–Kier alpha value is -2.12. The number of hydrogen-bond acceptors (Lipinski definition) is 6. The number of rotatable bonds is 5. The molecule has 124 valence electrons. The molecule has 0 saturated carbocycles. The van der Waals surface area contributed by atoms with Crippen molar-refractivity contribution in [3.8, 4) is 0 Å². The highest BCUT2D eigenvalue weighted by Gasteiger charge is 2.13. The largest absolute Gasteiger partial charge is 0.383 e. The highest BCUT2D eigenvalue weighted by atomic mass is 32.2. The Morgan fingerprint density at radius 1 is 1.29 bits per heavy atom. The number of thiophene rings is 1. The fourth-order valence-corrected chi connectivity index (χ4v) is 3.91. The Labute approximate surface area is 148 Å². The molecule has 0 aliphatic rings. The molecule has 0 radical (unpaired) electrons. The molecule has 3 rings (SSSR count). The number of benzene rings is 1. The van der Waals surface area contributed by atoms with Gasteiger partial charge in [0.25, 0.3) is 0 Å². The van der Waals surface area contributed by atoms with Crippen LogP contribution in [0.2, 0.25) is 0 Å². The average Bonchev–Trinajstić information content (AvgIpc) is 3.04. The summed E-state index contributed by atoms with van der Waals surface area (Å²) in [5.74, 6) is 0.791. The summed E-state index contributed by atoms with van der Waals surface area (Å²) in [7, 11) is 1.81. The summed E-state index contributed by atoms with van der Waals surface area (Å²) in [5.41, 5.74) is 8.27. The number of carbonyl (C=O) groups excluding carboxylic acids is 1. The maximum absolute atomic E-state index is 12.4. The van der Waals surface area contributed by atoms with Crippen molar-refractivity contribution in [1.82, 2.24) is 14.9 Å². The number of aromatic nitrogens is 2. The molecular weight excluding hydrogens is 340 g/mol. The van der Waals surface area contributed by atoms with Gasteiger partial charge in [0.1, 0.15) is 10.6 Å². The molecule has 0 fully saturated rings. The summed E-state index contributed by atoms with van der Waals surface area (Å²) in [5, 5.41) is 3.35. The minimum atomic E-state index is 0.0386. The van der Waals surface area contributed by atoms with Crippen molar-refractivity contribution in [2.45, 2.75) is 18.6 Å². The van der Waals surface area contributed by atoms with E-state index in [2.05, 4.69) is 23.0 Å². The van der Waals surface area contributed by atoms with Gasteiger partial charge in [-0.3, -0.25) is 4.79 Å². The quantitative estimate of drug-likeness (QED) is 0.559. The summed E-state index contributed by atoms with van der Waals surface area (Å²) >= 11 is 2.84. The van der Waals surface area contributed by atoms with E-state index in [1.165, 1.54) is 28.7 Å². The Balaban J connectivity index is 1.62. The highest BCUT2D eigenvalue weighted by molar-refractivity contribution is 7.99. The van der Waals surface area contributed by atoms with Gasteiger partial charge in [-0.2, -0.15) is 0 Å². The van der Waals surface area contributed by atoms with E-state index in [1.807, 2.05) is 36.7 Å². The first-order valence-corrected chi connectivity index (χ1v) is 9.33. The van der Waals surface area contributed by atoms with Crippen LogP contribution in [-0.4, -0.2) is 33.6 Å². The molecule has 24 heavy (non-hydrogen) atoms. The summed E-state index contributed by atoms with van der Waals surface area (Å²) in [6.45, 7) is 2.65. The number of aryl methyl sites for hydroxylation is 1. The van der Waals surface area contributed by atoms with Crippen LogP contribution in [0.3, 0.4) is 0 Å². The second-order valence-corrected chi connectivity index (χ2v) is 7.33. The second-order valence-electron chi connectivity index (χ2n) is 5.50. The number of nitrogen functional groups attached to an aromatic ring is 1. The molecule has 0 bridgehead atoms. The molecular formula is C17H18N4OS2. The predicted molar refractivity (Wildman–Crippen MR) is 100 cm³/mol. The number of nitrogens with two attached hydrogens (primary N) is 1. The number of nitrogens with zero attached hydrogens (tertiary/aromatic N) is 3. The van der Waals surface area contributed by atoms with E-state index in [9.17, 15) is 4.79 Å². The summed E-state index contributed by atoms with van der Waals surface area (Å²) in [6.07, 6.45) is 0. The number of fused-ring (bicyclic) bond motifs is 1. The van der Waals surface area contributed by atoms with Gasteiger partial charge in [-0.1, -0.05) is 36.0 Å². The molecule has 0 spiro atoms. The molecule has 0 unspecified atom stereocenters. The van der Waals surface area contributed by atoms with Crippen LogP contribution in [0.25, 0.3) is 10.2 Å². The van der Waals surface area contributed by atoms with Crippen LogP contribution in [-0.2, 0) is 11.3 Å². The van der Waals surface area contributed by atoms with Crippen LogP contribution >= 0.6 is 23.1 Å². The van der Waals surface area contributed by atoms with Gasteiger partial charge < -0.3 is 10.6 Å². The van der Waals surface area contributed by atoms with Crippen LogP contribution in [0, 0.1) is 6.92 Å². The number of thioether (sulfide) groups is 1. The van der Waals surface area contributed by atoms with Crippen LogP contribution in [0.1, 0.15) is 11.1 Å². The summed E-state index contributed by atoms with van der Waals surface area (Å²) in [6, 6.07) is 9.99. The molecule has 7 heteroatoms. The van der Waals surface area contributed by atoms with Gasteiger partial charge >= 0.3 is 0 Å². The Kier molecular flexibility index (Phi) is 5.01. The monoisotopic (exact) mass is 358 g/mol. The van der Waals surface area contributed by atoms with E-state index in [0.29, 0.717) is 23.3 Å². The third-order valence-electron chi connectivity index (χ3n) is 3.75. The zero-order valence-electron chi connectivity index (χ0n) is 13.5. The molecule has 0 aliphatic heterocycles. The molecule has 1 amide bonds. The van der Waals surface area contributed by atoms with E-state index in [4.69, 9.17) is 5.73 Å². The van der Waals surface area contributed by atoms with E-state index in [-0.39, 0.29) is 5.91 Å². The van der Waals surface area contributed by atoms with Crippen molar-refractivity contribution in [3.05, 3.63) is 46.8 Å². The van der Waals surface area contributed by atoms with Crippen LogP contribution in [0.5, 0.6) is 0 Å². The minimum absolute atomic E-state index is 0.0386. The van der Waals surface area contributed by atoms with Gasteiger partial charge in [0.15, 0.2) is 5.16 Å². The van der Waals surface area contributed by atoms with Gasteiger partial charge in [-0.05, 0) is 29.5 Å². The van der Waals surface area contributed by atoms with Crippen molar-refractivity contribution < 1.29 is 4.79 Å². The first-order valence-electron chi connectivity index (χ1n) is 7.46. The third kappa shape index (κ3) is 3.68. The number of anilines is 1. The van der Waals surface area contributed by atoms with Crippen LogP contribution < -0.4 is 5.73 Å². The Bertz CT molecular complexity index is 878. The van der Waals surface area contributed by atoms with Crippen molar-refractivity contribution >= 4 is 45.0 Å². The molecule has 5 nitrogen and oxygen atoms in total. The van der Waals surface area contributed by atoms with Crippen molar-refractivity contribution in [2.75, 3.05) is 18.5 Å².